The van der Waals surface area contributed by atoms with E-state index in [1.807, 2.05) is 6.07 Å². The quantitative estimate of drug-likeness (QED) is 0.947. The van der Waals surface area contributed by atoms with Gasteiger partial charge < -0.3 is 15.0 Å². The van der Waals surface area contributed by atoms with Crippen LogP contribution < -0.4 is 10.5 Å². The lowest BCUT2D eigenvalue weighted by atomic mass is 10.1. The molecular weight excluding hydrogens is 292 g/mol. The third kappa shape index (κ3) is 2.06. The van der Waals surface area contributed by atoms with Crippen molar-refractivity contribution in [2.75, 3.05) is 6.61 Å². The van der Waals surface area contributed by atoms with Gasteiger partial charge in [0.15, 0.2) is 0 Å². The molecule has 2 N–H and O–H groups in total. The van der Waals surface area contributed by atoms with Crippen molar-refractivity contribution in [3.63, 3.8) is 0 Å². The van der Waals surface area contributed by atoms with Crippen LogP contribution in [-0.4, -0.2) is 11.2 Å². The number of rotatable bonds is 3. The highest BCUT2D eigenvalue weighted by atomic mass is 79.9. The van der Waals surface area contributed by atoms with Crippen molar-refractivity contribution in [2.45, 2.75) is 19.5 Å². The van der Waals surface area contributed by atoms with Gasteiger partial charge in [-0.05, 0) is 29.8 Å². The molecule has 2 heterocycles. The fourth-order valence-electron chi connectivity index (χ4n) is 2.44. The molecule has 94 valence electrons. The Bertz CT molecular complexity index is 577. The van der Waals surface area contributed by atoms with Crippen molar-refractivity contribution in [3.05, 3.63) is 51.8 Å². The van der Waals surface area contributed by atoms with E-state index in [1.165, 1.54) is 11.1 Å². The molecule has 1 aromatic carbocycles. The average Bonchev–Trinajstić information content (AvgIpc) is 2.96. The minimum Gasteiger partial charge on any atom is -0.493 e. The fraction of sp³-hybridized carbons (Fsp3) is 0.286. The highest BCUT2D eigenvalue weighted by Crippen LogP contribution is 2.33. The van der Waals surface area contributed by atoms with Gasteiger partial charge >= 0.3 is 0 Å². The van der Waals surface area contributed by atoms with Crippen LogP contribution in [0.3, 0.4) is 0 Å². The Kier molecular flexibility index (Phi) is 3.14. The number of benzene rings is 1. The molecule has 0 saturated heterocycles. The van der Waals surface area contributed by atoms with E-state index in [0.29, 0.717) is 6.54 Å². The van der Waals surface area contributed by atoms with Crippen LogP contribution in [0.1, 0.15) is 16.8 Å². The first-order valence-corrected chi connectivity index (χ1v) is 6.85. The van der Waals surface area contributed by atoms with E-state index in [4.69, 9.17) is 10.5 Å². The molecule has 0 unspecified atom stereocenters. The van der Waals surface area contributed by atoms with Gasteiger partial charge in [0.25, 0.3) is 0 Å². The molecule has 1 aliphatic heterocycles. The Morgan fingerprint density at radius 1 is 1.39 bits per heavy atom. The Morgan fingerprint density at radius 2 is 2.28 bits per heavy atom. The predicted molar refractivity (Wildman–Crippen MR) is 74.8 cm³/mol. The van der Waals surface area contributed by atoms with E-state index in [2.05, 4.69) is 44.9 Å². The first-order chi connectivity index (χ1) is 8.78. The van der Waals surface area contributed by atoms with Crippen LogP contribution in [0.25, 0.3) is 0 Å². The molecule has 0 amide bonds. The summed E-state index contributed by atoms with van der Waals surface area (Å²) < 4.78 is 9.03. The van der Waals surface area contributed by atoms with Crippen LogP contribution in [0.2, 0.25) is 0 Å². The van der Waals surface area contributed by atoms with Gasteiger partial charge in [0, 0.05) is 34.9 Å². The number of nitrogens with two attached hydrogens (primary N) is 1. The summed E-state index contributed by atoms with van der Waals surface area (Å²) in [5, 5.41) is 0. The lowest BCUT2D eigenvalue weighted by Crippen LogP contribution is -2.08. The van der Waals surface area contributed by atoms with Crippen molar-refractivity contribution >= 4 is 15.9 Å². The molecule has 0 radical (unpaired) electrons. The molecule has 3 rings (SSSR count). The molecule has 0 aliphatic carbocycles. The molecule has 0 bridgehead atoms. The Morgan fingerprint density at radius 3 is 3.11 bits per heavy atom. The fourth-order valence-corrected chi connectivity index (χ4v) is 2.99. The molecule has 0 saturated carbocycles. The highest BCUT2D eigenvalue weighted by molar-refractivity contribution is 9.10. The van der Waals surface area contributed by atoms with E-state index in [0.717, 1.165) is 35.5 Å². The van der Waals surface area contributed by atoms with Crippen LogP contribution in [-0.2, 0) is 19.5 Å². The van der Waals surface area contributed by atoms with E-state index in [1.54, 1.807) is 0 Å². The summed E-state index contributed by atoms with van der Waals surface area (Å²) in [5.41, 5.74) is 9.37. The maximum Gasteiger partial charge on any atom is 0.127 e. The van der Waals surface area contributed by atoms with Gasteiger partial charge in [-0.25, -0.2) is 0 Å². The second-order valence-corrected chi connectivity index (χ2v) is 5.40. The lowest BCUT2D eigenvalue weighted by Gasteiger charge is -2.12. The lowest BCUT2D eigenvalue weighted by molar-refractivity contribution is 0.352. The standard InChI is InChI=1S/C14H15BrN2O/c15-12-6-10-3-5-18-14(10)11(7-12)9-17-4-1-2-13(17)8-16/h1-2,4,6-7H,3,5,8-9,16H2. The number of halogens is 1. The molecule has 0 spiro atoms. The second kappa shape index (κ2) is 4.78. The van der Waals surface area contributed by atoms with Crippen LogP contribution in [0.5, 0.6) is 5.75 Å². The molecule has 0 atom stereocenters. The summed E-state index contributed by atoms with van der Waals surface area (Å²) in [7, 11) is 0. The van der Waals surface area contributed by atoms with Crippen molar-refractivity contribution in [1.82, 2.24) is 4.57 Å². The smallest absolute Gasteiger partial charge is 0.127 e. The topological polar surface area (TPSA) is 40.2 Å². The summed E-state index contributed by atoms with van der Waals surface area (Å²) in [6.07, 6.45) is 3.06. The van der Waals surface area contributed by atoms with Crippen LogP contribution >= 0.6 is 15.9 Å². The Balaban J connectivity index is 1.98. The van der Waals surface area contributed by atoms with Gasteiger partial charge in [0.05, 0.1) is 13.2 Å². The molecule has 3 nitrogen and oxygen atoms in total. The first-order valence-electron chi connectivity index (χ1n) is 6.06. The molecule has 0 fully saturated rings. The summed E-state index contributed by atoms with van der Waals surface area (Å²) in [6, 6.07) is 8.36. The zero-order valence-electron chi connectivity index (χ0n) is 10.0. The highest BCUT2D eigenvalue weighted by Gasteiger charge is 2.17. The van der Waals surface area contributed by atoms with Crippen molar-refractivity contribution < 1.29 is 4.74 Å². The monoisotopic (exact) mass is 306 g/mol. The zero-order valence-corrected chi connectivity index (χ0v) is 11.6. The van der Waals surface area contributed by atoms with Gasteiger partial charge in [0.2, 0.25) is 0 Å². The molecular formula is C14H15BrN2O. The Labute approximate surface area is 115 Å². The SMILES string of the molecule is NCc1cccn1Cc1cc(Br)cc2c1OCC2. The van der Waals surface area contributed by atoms with Gasteiger partial charge in [-0.2, -0.15) is 0 Å². The van der Waals surface area contributed by atoms with E-state index in [9.17, 15) is 0 Å². The predicted octanol–water partition coefficient (Wildman–Crippen LogP) is 2.69. The van der Waals surface area contributed by atoms with Crippen LogP contribution in [0.4, 0.5) is 0 Å². The maximum absolute atomic E-state index is 5.74. The minimum absolute atomic E-state index is 0.560. The second-order valence-electron chi connectivity index (χ2n) is 4.48. The molecule has 18 heavy (non-hydrogen) atoms. The third-order valence-electron chi connectivity index (χ3n) is 3.30. The van der Waals surface area contributed by atoms with Crippen LogP contribution in [0.15, 0.2) is 34.9 Å². The first kappa shape index (κ1) is 11.8. The third-order valence-corrected chi connectivity index (χ3v) is 3.76. The minimum atomic E-state index is 0.560. The van der Waals surface area contributed by atoms with Crippen molar-refractivity contribution in [1.29, 1.82) is 0 Å². The summed E-state index contributed by atoms with van der Waals surface area (Å²) in [5.74, 6) is 1.05. The molecule has 1 aliphatic rings. The number of aromatic nitrogens is 1. The maximum atomic E-state index is 5.74. The molecule has 2 aromatic rings. The number of ether oxygens (including phenoxy) is 1. The Hall–Kier alpha value is -1.26. The molecule has 4 heteroatoms. The number of hydrogen-bond acceptors (Lipinski definition) is 2. The summed E-state index contributed by atoms with van der Waals surface area (Å²) >= 11 is 3.57. The number of fused-ring (bicyclic) bond motifs is 1. The van der Waals surface area contributed by atoms with Crippen molar-refractivity contribution in [2.24, 2.45) is 5.73 Å². The van der Waals surface area contributed by atoms with Gasteiger partial charge in [-0.1, -0.05) is 15.9 Å². The van der Waals surface area contributed by atoms with E-state index in [-0.39, 0.29) is 0 Å². The van der Waals surface area contributed by atoms with E-state index >= 15 is 0 Å². The zero-order chi connectivity index (χ0) is 12.5. The van der Waals surface area contributed by atoms with Gasteiger partial charge in [0.1, 0.15) is 5.75 Å². The van der Waals surface area contributed by atoms with Crippen molar-refractivity contribution in [3.8, 4) is 5.75 Å². The normalized spacial score (nSPS) is 13.4. The van der Waals surface area contributed by atoms with Gasteiger partial charge in [-0.15, -0.1) is 0 Å². The van der Waals surface area contributed by atoms with Gasteiger partial charge in [-0.3, -0.25) is 0 Å². The number of hydrogen-bond donors (Lipinski definition) is 1. The summed E-state index contributed by atoms with van der Waals surface area (Å²) in [4.78, 5) is 0. The largest absolute Gasteiger partial charge is 0.493 e. The van der Waals surface area contributed by atoms with Crippen LogP contribution in [0, 0.1) is 0 Å². The average molecular weight is 307 g/mol. The molecule has 1 aromatic heterocycles. The number of nitrogens with zero attached hydrogens (tertiary/aromatic N) is 1. The summed E-state index contributed by atoms with van der Waals surface area (Å²) in [6.45, 7) is 2.15. The van der Waals surface area contributed by atoms with E-state index < -0.39 is 0 Å².